The van der Waals surface area contributed by atoms with Crippen molar-refractivity contribution >= 4 is 58.0 Å². The van der Waals surface area contributed by atoms with Gasteiger partial charge in [-0.25, -0.2) is 4.39 Å². The smallest absolute Gasteiger partial charge is 0.160 e. The molecule has 2 rings (SSSR count). The fraction of sp³-hybridized carbons (Fsp3) is 0.333. The molecule has 0 amide bonds. The van der Waals surface area contributed by atoms with Gasteiger partial charge in [-0.15, -0.1) is 0 Å². The predicted molar refractivity (Wildman–Crippen MR) is 106 cm³/mol. The van der Waals surface area contributed by atoms with E-state index in [1.165, 1.54) is 0 Å². The lowest BCUT2D eigenvalue weighted by atomic mass is 10.0. The van der Waals surface area contributed by atoms with Gasteiger partial charge in [-0.3, -0.25) is 0 Å². The maximum Gasteiger partial charge on any atom is 0.160 e. The van der Waals surface area contributed by atoms with E-state index in [2.05, 4.69) is 13.8 Å². The summed E-state index contributed by atoms with van der Waals surface area (Å²) in [4.78, 5) is 0. The first kappa shape index (κ1) is 21.9. The Morgan fingerprint density at radius 2 is 0.917 bits per heavy atom. The second-order valence-corrected chi connectivity index (χ2v) is 7.91. The van der Waals surface area contributed by atoms with E-state index in [0.29, 0.717) is 26.9 Å². The summed E-state index contributed by atoms with van der Waals surface area (Å²) in [7, 11) is 0. The average molecular weight is 431 g/mol. The molecule has 0 aliphatic rings. The highest BCUT2D eigenvalue weighted by Crippen LogP contribution is 2.33. The summed E-state index contributed by atoms with van der Waals surface area (Å²) in [5.74, 6) is 0.181. The Bertz CT molecular complexity index is 603. The summed E-state index contributed by atoms with van der Waals surface area (Å²) in [5, 5.41) is 1.65. The highest BCUT2D eigenvalue weighted by Gasteiger charge is 2.09. The van der Waals surface area contributed by atoms with Crippen molar-refractivity contribution in [2.75, 3.05) is 0 Å². The quantitative estimate of drug-likeness (QED) is 0.417. The highest BCUT2D eigenvalue weighted by molar-refractivity contribution is 6.48. The molecule has 0 N–H and O–H groups in total. The number of halogens is 6. The van der Waals surface area contributed by atoms with Gasteiger partial charge in [0.25, 0.3) is 0 Å². The van der Waals surface area contributed by atoms with Crippen molar-refractivity contribution in [2.24, 2.45) is 0 Å². The minimum absolute atomic E-state index is 0.0891. The normalized spacial score (nSPS) is 10.8. The number of benzene rings is 2. The van der Waals surface area contributed by atoms with Crippen molar-refractivity contribution in [3.8, 4) is 0 Å². The van der Waals surface area contributed by atoms with Gasteiger partial charge in [0.15, 0.2) is 5.82 Å². The first-order valence-electron chi connectivity index (χ1n) is 7.33. The molecule has 6 heteroatoms. The molecule has 132 valence electrons. The average Bonchev–Trinajstić information content (AvgIpc) is 2.49. The van der Waals surface area contributed by atoms with Crippen molar-refractivity contribution in [1.82, 2.24) is 0 Å². The highest BCUT2D eigenvalue weighted by atomic mass is 35.5. The van der Waals surface area contributed by atoms with Crippen molar-refractivity contribution in [2.45, 2.75) is 39.5 Å². The molecule has 24 heavy (non-hydrogen) atoms. The zero-order chi connectivity index (χ0) is 18.6. The lowest BCUT2D eigenvalue weighted by molar-refractivity contribution is 0.627. The second kappa shape index (κ2) is 9.50. The van der Waals surface area contributed by atoms with Gasteiger partial charge in [0.1, 0.15) is 0 Å². The van der Waals surface area contributed by atoms with Crippen LogP contribution in [0.2, 0.25) is 25.1 Å². The SMILES string of the molecule is CC(C)c1cc(Cl)c(Cl)c(Cl)c1.CC(C)c1cc(Cl)c(F)c(Cl)c1. The third-order valence-electron chi connectivity index (χ3n) is 3.35. The van der Waals surface area contributed by atoms with Crippen molar-refractivity contribution in [3.05, 3.63) is 66.3 Å². The third kappa shape index (κ3) is 5.97. The van der Waals surface area contributed by atoms with E-state index in [-0.39, 0.29) is 10.0 Å². The van der Waals surface area contributed by atoms with E-state index in [9.17, 15) is 4.39 Å². The first-order valence-corrected chi connectivity index (χ1v) is 9.22. The molecule has 0 saturated carbocycles. The summed E-state index contributed by atoms with van der Waals surface area (Å²) in [5.41, 5.74) is 2.06. The van der Waals surface area contributed by atoms with Gasteiger partial charge < -0.3 is 0 Å². The number of rotatable bonds is 2. The standard InChI is InChI=1S/C9H9Cl3.C9H9Cl2F/c2*1-5(2)6-3-7(10)9(12)8(11)4-6/h2*3-5H,1-2H3. The van der Waals surface area contributed by atoms with Crippen LogP contribution >= 0.6 is 58.0 Å². The molecule has 0 nitrogen and oxygen atoms in total. The van der Waals surface area contributed by atoms with Crippen LogP contribution in [0.25, 0.3) is 0 Å². The van der Waals surface area contributed by atoms with Crippen molar-refractivity contribution in [3.63, 3.8) is 0 Å². The summed E-state index contributed by atoms with van der Waals surface area (Å²) in [6, 6.07) is 6.90. The monoisotopic (exact) mass is 428 g/mol. The summed E-state index contributed by atoms with van der Waals surface area (Å²) < 4.78 is 12.9. The topological polar surface area (TPSA) is 0 Å². The molecule has 0 saturated heterocycles. The van der Waals surface area contributed by atoms with Crippen LogP contribution in [0.4, 0.5) is 4.39 Å². The molecule has 0 aromatic heterocycles. The molecule has 0 bridgehead atoms. The lowest BCUT2D eigenvalue weighted by Crippen LogP contribution is -1.89. The molecular weight excluding hydrogens is 412 g/mol. The minimum Gasteiger partial charge on any atom is -0.204 e. The molecule has 2 aromatic rings. The van der Waals surface area contributed by atoms with E-state index in [4.69, 9.17) is 58.0 Å². The fourth-order valence-corrected chi connectivity index (χ4v) is 2.93. The molecule has 0 aliphatic carbocycles. The van der Waals surface area contributed by atoms with Gasteiger partial charge in [-0.1, -0.05) is 85.7 Å². The van der Waals surface area contributed by atoms with Gasteiger partial charge in [0.2, 0.25) is 0 Å². The van der Waals surface area contributed by atoms with Crippen LogP contribution in [0.5, 0.6) is 0 Å². The van der Waals surface area contributed by atoms with Crippen LogP contribution in [0.15, 0.2) is 24.3 Å². The Morgan fingerprint density at radius 1 is 0.625 bits per heavy atom. The lowest BCUT2D eigenvalue weighted by Gasteiger charge is -2.07. The predicted octanol–water partition coefficient (Wildman–Crippen LogP) is 9.03. The molecule has 2 aromatic carbocycles. The van der Waals surface area contributed by atoms with Crippen molar-refractivity contribution < 1.29 is 4.39 Å². The zero-order valence-corrected chi connectivity index (χ0v) is 17.5. The second-order valence-electron chi connectivity index (χ2n) is 5.91. The maximum atomic E-state index is 12.9. The van der Waals surface area contributed by atoms with Gasteiger partial charge in [-0.05, 0) is 47.2 Å². The molecule has 0 spiro atoms. The number of hydrogen-bond acceptors (Lipinski definition) is 0. The Hall–Kier alpha value is -0.180. The Morgan fingerprint density at radius 3 is 1.21 bits per heavy atom. The molecule has 0 aliphatic heterocycles. The molecule has 0 atom stereocenters. The van der Waals surface area contributed by atoms with Gasteiger partial charge in [0.05, 0.1) is 25.1 Å². The maximum absolute atomic E-state index is 12.9. The van der Waals surface area contributed by atoms with E-state index >= 15 is 0 Å². The van der Waals surface area contributed by atoms with Gasteiger partial charge in [0, 0.05) is 0 Å². The first-order chi connectivity index (χ1) is 11.0. The van der Waals surface area contributed by atoms with Crippen LogP contribution in [0.1, 0.15) is 50.7 Å². The largest absolute Gasteiger partial charge is 0.204 e. The van der Waals surface area contributed by atoms with Crippen LogP contribution in [-0.4, -0.2) is 0 Å². The van der Waals surface area contributed by atoms with Crippen LogP contribution < -0.4 is 0 Å². The summed E-state index contributed by atoms with van der Waals surface area (Å²) >= 11 is 28.7. The minimum atomic E-state index is -0.539. The molecule has 0 fully saturated rings. The van der Waals surface area contributed by atoms with Gasteiger partial charge in [-0.2, -0.15) is 0 Å². The number of hydrogen-bond donors (Lipinski definition) is 0. The van der Waals surface area contributed by atoms with Crippen molar-refractivity contribution in [1.29, 1.82) is 0 Å². The Kier molecular flexibility index (Phi) is 8.65. The van der Waals surface area contributed by atoms with E-state index < -0.39 is 5.82 Å². The Balaban J connectivity index is 0.000000240. The van der Waals surface area contributed by atoms with Crippen LogP contribution in [-0.2, 0) is 0 Å². The summed E-state index contributed by atoms with van der Waals surface area (Å²) in [6.07, 6.45) is 0. The van der Waals surface area contributed by atoms with E-state index in [1.54, 1.807) is 12.1 Å². The van der Waals surface area contributed by atoms with Crippen LogP contribution in [0.3, 0.4) is 0 Å². The van der Waals surface area contributed by atoms with Gasteiger partial charge >= 0.3 is 0 Å². The zero-order valence-electron chi connectivity index (χ0n) is 13.7. The van der Waals surface area contributed by atoms with Crippen LogP contribution in [0, 0.1) is 5.82 Å². The molecule has 0 unspecified atom stereocenters. The molecule has 0 radical (unpaired) electrons. The van der Waals surface area contributed by atoms with E-state index in [1.807, 2.05) is 26.0 Å². The molecular formula is C18H18Cl5F. The Labute approximate surface area is 167 Å². The summed E-state index contributed by atoms with van der Waals surface area (Å²) in [6.45, 7) is 8.16. The fourth-order valence-electron chi connectivity index (χ4n) is 1.82. The van der Waals surface area contributed by atoms with E-state index in [0.717, 1.165) is 11.1 Å². The molecule has 0 heterocycles. The third-order valence-corrected chi connectivity index (χ3v) is 5.09.